The lowest BCUT2D eigenvalue weighted by atomic mass is 10.2. The smallest absolute Gasteiger partial charge is 0.245 e. The number of rotatable bonds is 4. The predicted molar refractivity (Wildman–Crippen MR) is 86.0 cm³/mol. The van der Waals surface area contributed by atoms with Crippen molar-refractivity contribution in [2.24, 2.45) is 0 Å². The van der Waals surface area contributed by atoms with Gasteiger partial charge in [0.05, 0.1) is 10.7 Å². The number of hydrogen-bond acceptors (Lipinski definition) is 6. The number of aryl methyl sites for hydroxylation is 3. The van der Waals surface area contributed by atoms with Gasteiger partial charge in [-0.3, -0.25) is 0 Å². The van der Waals surface area contributed by atoms with E-state index in [0.29, 0.717) is 5.78 Å². The molecule has 0 aliphatic carbocycles. The summed E-state index contributed by atoms with van der Waals surface area (Å²) < 4.78 is 1.82. The van der Waals surface area contributed by atoms with E-state index >= 15 is 0 Å². The fraction of sp³-hybridized carbons (Fsp3) is 0.429. The van der Waals surface area contributed by atoms with Crippen LogP contribution >= 0.6 is 23.1 Å². The van der Waals surface area contributed by atoms with Crippen molar-refractivity contribution in [3.05, 3.63) is 33.0 Å². The second kappa shape index (κ2) is 5.73. The highest BCUT2D eigenvalue weighted by molar-refractivity contribution is 7.98. The molecule has 0 aliphatic heterocycles. The van der Waals surface area contributed by atoms with Gasteiger partial charge in [0.25, 0.3) is 5.78 Å². The van der Waals surface area contributed by atoms with Crippen molar-refractivity contribution >= 4 is 28.9 Å². The van der Waals surface area contributed by atoms with E-state index in [1.165, 1.54) is 5.01 Å². The Labute approximate surface area is 131 Å². The average molecular weight is 319 g/mol. The van der Waals surface area contributed by atoms with Crippen molar-refractivity contribution in [2.45, 2.75) is 45.0 Å². The molecule has 3 aromatic rings. The van der Waals surface area contributed by atoms with E-state index in [9.17, 15) is 0 Å². The zero-order valence-corrected chi connectivity index (χ0v) is 14.2. The third kappa shape index (κ3) is 2.80. The summed E-state index contributed by atoms with van der Waals surface area (Å²) >= 11 is 3.32. The minimum atomic E-state index is 0.672. The van der Waals surface area contributed by atoms with Crippen LogP contribution in [0.3, 0.4) is 0 Å². The molecule has 0 fully saturated rings. The molecule has 5 nitrogen and oxygen atoms in total. The van der Waals surface area contributed by atoms with Gasteiger partial charge in [-0.05, 0) is 32.8 Å². The van der Waals surface area contributed by atoms with Crippen LogP contribution in [0.25, 0.3) is 5.78 Å². The summed E-state index contributed by atoms with van der Waals surface area (Å²) in [5.41, 5.74) is 4.36. The molecule has 0 spiro atoms. The molecule has 0 unspecified atom stereocenters. The maximum absolute atomic E-state index is 4.56. The van der Waals surface area contributed by atoms with Crippen molar-refractivity contribution in [3.8, 4) is 0 Å². The number of fused-ring (bicyclic) bond motifs is 1. The molecule has 0 radical (unpaired) electrons. The highest BCUT2D eigenvalue weighted by Gasteiger charge is 2.11. The van der Waals surface area contributed by atoms with Crippen LogP contribution in [-0.2, 0) is 12.2 Å². The molecular formula is C14H17N5S2. The first kappa shape index (κ1) is 14.5. The van der Waals surface area contributed by atoms with Gasteiger partial charge < -0.3 is 0 Å². The van der Waals surface area contributed by atoms with Crippen LogP contribution in [0.4, 0.5) is 0 Å². The van der Waals surface area contributed by atoms with Crippen molar-refractivity contribution in [2.75, 3.05) is 0 Å². The molecule has 0 bridgehead atoms. The summed E-state index contributed by atoms with van der Waals surface area (Å²) in [6.07, 6.45) is 0.990. The molecule has 0 N–H and O–H groups in total. The fourth-order valence-corrected chi connectivity index (χ4v) is 3.58. The van der Waals surface area contributed by atoms with Gasteiger partial charge in [-0.15, -0.1) is 16.4 Å². The second-order valence-corrected chi connectivity index (χ2v) is 6.77. The Balaban J connectivity index is 1.83. The number of thiazole rings is 1. The standard InChI is InChI=1S/C14H17N5S2/c1-5-12-16-11(6-20-12)7-21-14-17-13-15-9(3)8(2)10(4)19(13)18-14/h6H,5,7H2,1-4H3. The Kier molecular flexibility index (Phi) is 3.95. The molecule has 0 aromatic carbocycles. The quantitative estimate of drug-likeness (QED) is 0.690. The van der Waals surface area contributed by atoms with Gasteiger partial charge in [0, 0.05) is 22.5 Å². The monoisotopic (exact) mass is 319 g/mol. The zero-order chi connectivity index (χ0) is 15.0. The van der Waals surface area contributed by atoms with Crippen LogP contribution < -0.4 is 0 Å². The van der Waals surface area contributed by atoms with Crippen LogP contribution in [0.5, 0.6) is 0 Å². The summed E-state index contributed by atoms with van der Waals surface area (Å²) in [5.74, 6) is 1.47. The van der Waals surface area contributed by atoms with E-state index in [2.05, 4.69) is 39.3 Å². The summed E-state index contributed by atoms with van der Waals surface area (Å²) in [6.45, 7) is 8.24. The molecule has 0 atom stereocenters. The van der Waals surface area contributed by atoms with Crippen molar-refractivity contribution in [1.29, 1.82) is 0 Å². The molecule has 3 aromatic heterocycles. The highest BCUT2D eigenvalue weighted by Crippen LogP contribution is 2.22. The third-order valence-corrected chi connectivity index (χ3v) is 5.41. The van der Waals surface area contributed by atoms with Gasteiger partial charge >= 0.3 is 0 Å². The van der Waals surface area contributed by atoms with E-state index in [4.69, 9.17) is 0 Å². The van der Waals surface area contributed by atoms with E-state index in [1.807, 2.05) is 18.4 Å². The molecular weight excluding hydrogens is 302 g/mol. The van der Waals surface area contributed by atoms with Crippen LogP contribution in [0, 0.1) is 20.8 Å². The minimum absolute atomic E-state index is 0.672. The summed E-state index contributed by atoms with van der Waals surface area (Å²) in [6, 6.07) is 0. The molecule has 3 rings (SSSR count). The Morgan fingerprint density at radius 3 is 2.71 bits per heavy atom. The number of thioether (sulfide) groups is 1. The van der Waals surface area contributed by atoms with E-state index in [0.717, 1.165) is 40.0 Å². The Hall–Kier alpha value is -1.47. The third-order valence-electron chi connectivity index (χ3n) is 3.49. The maximum Gasteiger partial charge on any atom is 0.253 e. The largest absolute Gasteiger partial charge is 0.253 e. The van der Waals surface area contributed by atoms with Crippen molar-refractivity contribution < 1.29 is 0 Å². The van der Waals surface area contributed by atoms with Gasteiger partial charge in [0.1, 0.15) is 0 Å². The van der Waals surface area contributed by atoms with Gasteiger partial charge in [-0.1, -0.05) is 18.7 Å². The Morgan fingerprint density at radius 1 is 1.19 bits per heavy atom. The topological polar surface area (TPSA) is 56.0 Å². The molecule has 21 heavy (non-hydrogen) atoms. The van der Waals surface area contributed by atoms with Gasteiger partial charge in [-0.2, -0.15) is 4.98 Å². The summed E-state index contributed by atoms with van der Waals surface area (Å²) in [7, 11) is 0. The molecule has 0 aliphatic rings. The lowest BCUT2D eigenvalue weighted by Gasteiger charge is -2.04. The van der Waals surface area contributed by atoms with Gasteiger partial charge in [0.2, 0.25) is 5.16 Å². The molecule has 0 saturated heterocycles. The Bertz CT molecular complexity index is 790. The average Bonchev–Trinajstić information content (AvgIpc) is 3.09. The lowest BCUT2D eigenvalue weighted by Crippen LogP contribution is -2.02. The van der Waals surface area contributed by atoms with Crippen molar-refractivity contribution in [1.82, 2.24) is 24.6 Å². The van der Waals surface area contributed by atoms with Gasteiger partial charge in [0.15, 0.2) is 0 Å². The molecule has 0 amide bonds. The lowest BCUT2D eigenvalue weighted by molar-refractivity contribution is 0.832. The van der Waals surface area contributed by atoms with E-state index in [1.54, 1.807) is 23.1 Å². The first-order valence-corrected chi connectivity index (χ1v) is 8.71. The molecule has 7 heteroatoms. The number of aromatic nitrogens is 5. The number of hydrogen-bond donors (Lipinski definition) is 0. The molecule has 0 saturated carbocycles. The maximum atomic E-state index is 4.56. The van der Waals surface area contributed by atoms with Crippen LogP contribution in [0.15, 0.2) is 10.5 Å². The Morgan fingerprint density at radius 2 is 2.00 bits per heavy atom. The van der Waals surface area contributed by atoms with E-state index in [-0.39, 0.29) is 0 Å². The summed E-state index contributed by atoms with van der Waals surface area (Å²) in [5, 5.41) is 8.58. The van der Waals surface area contributed by atoms with Crippen molar-refractivity contribution in [3.63, 3.8) is 0 Å². The van der Waals surface area contributed by atoms with E-state index < -0.39 is 0 Å². The second-order valence-electron chi connectivity index (χ2n) is 4.89. The SMILES string of the molecule is CCc1nc(CSc2nc3nc(C)c(C)c(C)n3n2)cs1. The van der Waals surface area contributed by atoms with Gasteiger partial charge in [-0.25, -0.2) is 14.5 Å². The van der Waals surface area contributed by atoms with Crippen LogP contribution in [0.1, 0.15) is 34.6 Å². The first-order chi connectivity index (χ1) is 10.1. The zero-order valence-electron chi connectivity index (χ0n) is 12.5. The van der Waals surface area contributed by atoms with Crippen LogP contribution in [0.2, 0.25) is 0 Å². The predicted octanol–water partition coefficient (Wildman–Crippen LogP) is 3.36. The molecule has 110 valence electrons. The molecule has 3 heterocycles. The minimum Gasteiger partial charge on any atom is -0.245 e. The first-order valence-electron chi connectivity index (χ1n) is 6.85. The normalized spacial score (nSPS) is 11.4. The number of nitrogens with zero attached hydrogens (tertiary/aromatic N) is 5. The van der Waals surface area contributed by atoms with Crippen LogP contribution in [-0.4, -0.2) is 24.6 Å². The highest BCUT2D eigenvalue weighted by atomic mass is 32.2. The fourth-order valence-electron chi connectivity index (χ4n) is 2.01. The summed E-state index contributed by atoms with van der Waals surface area (Å²) in [4.78, 5) is 13.6.